The average Bonchev–Trinajstić information content (AvgIpc) is 2.54. The third-order valence-electron chi connectivity index (χ3n) is 3.57. The molecule has 96 valence electrons. The Hall–Kier alpha value is -0.990. The van der Waals surface area contributed by atoms with Crippen LogP contribution in [0.5, 0.6) is 0 Å². The number of aromatic nitrogens is 2. The van der Waals surface area contributed by atoms with Gasteiger partial charge < -0.3 is 9.88 Å². The molecule has 1 aliphatic rings. The number of hydrogen-bond acceptors (Lipinski definition) is 2. The number of aryl methyl sites for hydroxylation is 2. The van der Waals surface area contributed by atoms with Gasteiger partial charge in [0.05, 0.1) is 5.69 Å². The first-order valence-corrected chi connectivity index (χ1v) is 6.93. The molecule has 3 heteroatoms. The van der Waals surface area contributed by atoms with Gasteiger partial charge in [0.2, 0.25) is 5.95 Å². The molecular formula is C14H25N3. The van der Waals surface area contributed by atoms with Gasteiger partial charge >= 0.3 is 0 Å². The van der Waals surface area contributed by atoms with Crippen molar-refractivity contribution in [3.8, 4) is 0 Å². The van der Waals surface area contributed by atoms with Crippen molar-refractivity contribution < 1.29 is 0 Å². The van der Waals surface area contributed by atoms with Crippen molar-refractivity contribution in [1.82, 2.24) is 9.55 Å². The number of rotatable bonds is 6. The molecule has 1 N–H and O–H groups in total. The summed E-state index contributed by atoms with van der Waals surface area (Å²) >= 11 is 0. The minimum atomic E-state index is 0.659. The molecule has 1 aliphatic carbocycles. The molecule has 1 saturated carbocycles. The van der Waals surface area contributed by atoms with Gasteiger partial charge in [-0.05, 0) is 25.2 Å². The molecule has 0 atom stereocenters. The summed E-state index contributed by atoms with van der Waals surface area (Å²) in [7, 11) is 0. The zero-order chi connectivity index (χ0) is 12.3. The van der Waals surface area contributed by atoms with E-state index in [1.165, 1.54) is 25.7 Å². The van der Waals surface area contributed by atoms with Gasteiger partial charge in [-0.3, -0.25) is 0 Å². The zero-order valence-electron chi connectivity index (χ0n) is 11.4. The first-order valence-electron chi connectivity index (χ1n) is 6.93. The highest BCUT2D eigenvalue weighted by Gasteiger charge is 2.17. The van der Waals surface area contributed by atoms with Gasteiger partial charge in [0.15, 0.2) is 0 Å². The highest BCUT2D eigenvalue weighted by atomic mass is 15.2. The molecule has 0 aliphatic heterocycles. The van der Waals surface area contributed by atoms with E-state index in [0.29, 0.717) is 5.92 Å². The maximum absolute atomic E-state index is 4.56. The molecule has 0 spiro atoms. The third-order valence-corrected chi connectivity index (χ3v) is 3.57. The lowest BCUT2D eigenvalue weighted by molar-refractivity contribution is 0.283. The van der Waals surface area contributed by atoms with Crippen LogP contribution in [-0.2, 0) is 6.54 Å². The van der Waals surface area contributed by atoms with Crippen molar-refractivity contribution in [2.75, 3.05) is 11.9 Å². The molecule has 0 aromatic carbocycles. The highest BCUT2D eigenvalue weighted by Crippen LogP contribution is 2.30. The molecule has 1 heterocycles. The van der Waals surface area contributed by atoms with E-state index in [4.69, 9.17) is 0 Å². The quantitative estimate of drug-likeness (QED) is 0.818. The molecular weight excluding hydrogens is 210 g/mol. The lowest BCUT2D eigenvalue weighted by Gasteiger charge is -2.25. The first-order chi connectivity index (χ1) is 8.15. The van der Waals surface area contributed by atoms with E-state index < -0.39 is 0 Å². The van der Waals surface area contributed by atoms with Crippen LogP contribution in [0.4, 0.5) is 5.95 Å². The SMILES string of the molecule is Cc1cn(CCC2CCC2)c(NCC(C)C)n1. The molecule has 2 rings (SSSR count). The Bertz CT molecular complexity index is 350. The number of nitrogens with zero attached hydrogens (tertiary/aromatic N) is 2. The van der Waals surface area contributed by atoms with Crippen LogP contribution in [-0.4, -0.2) is 16.1 Å². The molecule has 0 saturated heterocycles. The molecule has 0 radical (unpaired) electrons. The van der Waals surface area contributed by atoms with Crippen molar-refractivity contribution in [1.29, 1.82) is 0 Å². The minimum absolute atomic E-state index is 0.659. The smallest absolute Gasteiger partial charge is 0.203 e. The largest absolute Gasteiger partial charge is 0.355 e. The van der Waals surface area contributed by atoms with E-state index in [9.17, 15) is 0 Å². The molecule has 1 fully saturated rings. The summed E-state index contributed by atoms with van der Waals surface area (Å²) in [6.45, 7) is 8.63. The van der Waals surface area contributed by atoms with Gasteiger partial charge in [-0.15, -0.1) is 0 Å². The van der Waals surface area contributed by atoms with Crippen molar-refractivity contribution in [2.45, 2.75) is 53.0 Å². The highest BCUT2D eigenvalue weighted by molar-refractivity contribution is 5.28. The van der Waals surface area contributed by atoms with Crippen molar-refractivity contribution in [3.63, 3.8) is 0 Å². The maximum atomic E-state index is 4.56. The van der Waals surface area contributed by atoms with Gasteiger partial charge in [-0.1, -0.05) is 33.1 Å². The fraction of sp³-hybridized carbons (Fsp3) is 0.786. The number of hydrogen-bond donors (Lipinski definition) is 1. The number of nitrogens with one attached hydrogen (secondary N) is 1. The Balaban J connectivity index is 1.89. The summed E-state index contributed by atoms with van der Waals surface area (Å²) in [6.07, 6.45) is 7.78. The van der Waals surface area contributed by atoms with E-state index in [-0.39, 0.29) is 0 Å². The standard InChI is InChI=1S/C14H25N3/c1-11(2)9-15-14-16-12(3)10-17(14)8-7-13-5-4-6-13/h10-11,13H,4-9H2,1-3H3,(H,15,16). The Morgan fingerprint density at radius 2 is 2.24 bits per heavy atom. The molecule has 17 heavy (non-hydrogen) atoms. The van der Waals surface area contributed by atoms with E-state index in [1.807, 2.05) is 0 Å². The van der Waals surface area contributed by atoms with Crippen molar-refractivity contribution in [3.05, 3.63) is 11.9 Å². The van der Waals surface area contributed by atoms with Crippen LogP contribution in [0.25, 0.3) is 0 Å². The summed E-state index contributed by atoms with van der Waals surface area (Å²) in [5.41, 5.74) is 1.12. The van der Waals surface area contributed by atoms with Crippen LogP contribution < -0.4 is 5.32 Å². The summed E-state index contributed by atoms with van der Waals surface area (Å²) in [6, 6.07) is 0. The Morgan fingerprint density at radius 1 is 1.47 bits per heavy atom. The zero-order valence-corrected chi connectivity index (χ0v) is 11.4. The van der Waals surface area contributed by atoms with Gasteiger partial charge in [-0.25, -0.2) is 4.98 Å². The lowest BCUT2D eigenvalue weighted by Crippen LogP contribution is -2.16. The fourth-order valence-corrected chi connectivity index (χ4v) is 2.26. The predicted octanol–water partition coefficient (Wildman–Crippen LogP) is 3.45. The number of imidazole rings is 1. The van der Waals surface area contributed by atoms with E-state index in [2.05, 4.69) is 41.8 Å². The van der Waals surface area contributed by atoms with E-state index in [1.54, 1.807) is 0 Å². The van der Waals surface area contributed by atoms with Crippen molar-refractivity contribution in [2.24, 2.45) is 11.8 Å². The lowest BCUT2D eigenvalue weighted by atomic mass is 9.83. The summed E-state index contributed by atoms with van der Waals surface area (Å²) in [5.74, 6) is 2.68. The topological polar surface area (TPSA) is 29.9 Å². The van der Waals surface area contributed by atoms with Gasteiger partial charge in [0.25, 0.3) is 0 Å². The van der Waals surface area contributed by atoms with Gasteiger partial charge in [0, 0.05) is 19.3 Å². The Labute approximate surface area is 105 Å². The maximum Gasteiger partial charge on any atom is 0.203 e. The van der Waals surface area contributed by atoms with Gasteiger partial charge in [-0.2, -0.15) is 0 Å². The normalized spacial score (nSPS) is 16.2. The second-order valence-electron chi connectivity index (χ2n) is 5.76. The van der Waals surface area contributed by atoms with Crippen LogP contribution >= 0.6 is 0 Å². The molecule has 1 aromatic rings. The van der Waals surface area contributed by atoms with E-state index >= 15 is 0 Å². The van der Waals surface area contributed by atoms with Crippen molar-refractivity contribution >= 4 is 5.95 Å². The van der Waals surface area contributed by atoms with Crippen LogP contribution in [0.2, 0.25) is 0 Å². The first kappa shape index (κ1) is 12.5. The van der Waals surface area contributed by atoms with Gasteiger partial charge in [0.1, 0.15) is 0 Å². The van der Waals surface area contributed by atoms with Crippen LogP contribution in [0, 0.1) is 18.8 Å². The average molecular weight is 235 g/mol. The second-order valence-corrected chi connectivity index (χ2v) is 5.76. The molecule has 0 amide bonds. The Morgan fingerprint density at radius 3 is 2.82 bits per heavy atom. The number of anilines is 1. The summed E-state index contributed by atoms with van der Waals surface area (Å²) in [5, 5.41) is 3.45. The van der Waals surface area contributed by atoms with Crippen LogP contribution in [0.15, 0.2) is 6.20 Å². The monoisotopic (exact) mass is 235 g/mol. The van der Waals surface area contributed by atoms with Crippen LogP contribution in [0.3, 0.4) is 0 Å². The predicted molar refractivity (Wildman–Crippen MR) is 72.2 cm³/mol. The summed E-state index contributed by atoms with van der Waals surface area (Å²) < 4.78 is 2.29. The summed E-state index contributed by atoms with van der Waals surface area (Å²) in [4.78, 5) is 4.56. The fourth-order valence-electron chi connectivity index (χ4n) is 2.26. The Kier molecular flexibility index (Phi) is 4.08. The third kappa shape index (κ3) is 3.48. The van der Waals surface area contributed by atoms with E-state index in [0.717, 1.165) is 30.6 Å². The molecule has 1 aromatic heterocycles. The molecule has 0 bridgehead atoms. The van der Waals surface area contributed by atoms with Crippen LogP contribution in [0.1, 0.15) is 45.2 Å². The molecule has 0 unspecified atom stereocenters. The second kappa shape index (κ2) is 5.56. The minimum Gasteiger partial charge on any atom is -0.355 e. The molecule has 3 nitrogen and oxygen atoms in total.